The lowest BCUT2D eigenvalue weighted by atomic mass is 9.99. The molecule has 0 bridgehead atoms. The summed E-state index contributed by atoms with van der Waals surface area (Å²) in [5, 5.41) is 8.05. The van der Waals surface area contributed by atoms with E-state index in [1.165, 1.54) is 0 Å². The van der Waals surface area contributed by atoms with Crippen molar-refractivity contribution < 1.29 is 14.0 Å². The third kappa shape index (κ3) is 2.51. The molecular formula is C13H14FN3O2S. The molecule has 3 N–H and O–H groups in total. The number of benzene rings is 1. The quantitative estimate of drug-likeness (QED) is 0.767. The van der Waals surface area contributed by atoms with Crippen LogP contribution < -0.4 is 16.0 Å². The summed E-state index contributed by atoms with van der Waals surface area (Å²) in [5.74, 6) is -0.369. The maximum Gasteiger partial charge on any atom is 0.279 e. The highest BCUT2D eigenvalue weighted by Crippen LogP contribution is 2.25. The third-order valence-corrected chi connectivity index (χ3v) is 4.34. The number of anilines is 1. The van der Waals surface area contributed by atoms with Gasteiger partial charge in [-0.1, -0.05) is 17.8 Å². The molecule has 2 aliphatic rings. The molecule has 1 saturated heterocycles. The van der Waals surface area contributed by atoms with Crippen LogP contribution >= 0.6 is 11.8 Å². The summed E-state index contributed by atoms with van der Waals surface area (Å²) in [7, 11) is 0. The molecule has 2 heterocycles. The Labute approximate surface area is 119 Å². The Hall–Kier alpha value is -1.60. The predicted octanol–water partition coefficient (Wildman–Crippen LogP) is 1.23. The van der Waals surface area contributed by atoms with Crippen LogP contribution in [0.15, 0.2) is 12.1 Å². The van der Waals surface area contributed by atoms with Gasteiger partial charge in [0, 0.05) is 12.3 Å². The fourth-order valence-corrected chi connectivity index (χ4v) is 3.15. The first-order chi connectivity index (χ1) is 9.65. The zero-order valence-electron chi connectivity index (χ0n) is 10.7. The van der Waals surface area contributed by atoms with E-state index in [0.29, 0.717) is 24.3 Å². The van der Waals surface area contributed by atoms with E-state index in [1.54, 1.807) is 6.07 Å². The number of thioether (sulfide) groups is 1. The minimum absolute atomic E-state index is 0.182. The molecule has 2 amide bonds. The van der Waals surface area contributed by atoms with Crippen LogP contribution in [0.5, 0.6) is 0 Å². The van der Waals surface area contributed by atoms with Crippen LogP contribution in [0.4, 0.5) is 14.9 Å². The van der Waals surface area contributed by atoms with Crippen LogP contribution in [0.2, 0.25) is 0 Å². The van der Waals surface area contributed by atoms with Crippen molar-refractivity contribution in [1.82, 2.24) is 10.6 Å². The normalized spacial score (nSPS) is 21.2. The maximum atomic E-state index is 14.3. The van der Waals surface area contributed by atoms with Crippen molar-refractivity contribution in [3.05, 3.63) is 29.1 Å². The fraction of sp³-hybridized carbons (Fsp3) is 0.385. The molecule has 106 valence electrons. The van der Waals surface area contributed by atoms with Crippen molar-refractivity contribution in [3.8, 4) is 0 Å². The standard InChI is InChI=1S/C13H14FN3O2S/c14-11-8-3-4-15-5-7(8)1-2-9(11)16-12(18)10-6-20-13(19)17-10/h1-2,10,15H,3-6H2,(H,16,18)(H,17,19)/t10-/m0/s1. The number of amides is 2. The summed E-state index contributed by atoms with van der Waals surface area (Å²) in [5.41, 5.74) is 1.77. The van der Waals surface area contributed by atoms with Crippen molar-refractivity contribution in [3.63, 3.8) is 0 Å². The smallest absolute Gasteiger partial charge is 0.279 e. The minimum Gasteiger partial charge on any atom is -0.334 e. The number of hydrogen-bond acceptors (Lipinski definition) is 4. The molecule has 1 atom stereocenters. The molecule has 20 heavy (non-hydrogen) atoms. The number of fused-ring (bicyclic) bond motifs is 1. The average Bonchev–Trinajstić information content (AvgIpc) is 2.89. The average molecular weight is 295 g/mol. The topological polar surface area (TPSA) is 70.2 Å². The Balaban J connectivity index is 1.77. The molecule has 5 nitrogen and oxygen atoms in total. The van der Waals surface area contributed by atoms with Gasteiger partial charge in [-0.15, -0.1) is 0 Å². The molecule has 1 aromatic rings. The Morgan fingerprint density at radius 2 is 2.30 bits per heavy atom. The first-order valence-electron chi connectivity index (χ1n) is 6.40. The van der Waals surface area contributed by atoms with Gasteiger partial charge in [0.1, 0.15) is 11.9 Å². The number of hydrogen-bond donors (Lipinski definition) is 3. The van der Waals surface area contributed by atoms with Gasteiger partial charge >= 0.3 is 0 Å². The van der Waals surface area contributed by atoms with Crippen molar-refractivity contribution in [2.24, 2.45) is 0 Å². The van der Waals surface area contributed by atoms with Gasteiger partial charge < -0.3 is 16.0 Å². The zero-order valence-corrected chi connectivity index (χ0v) is 11.5. The maximum absolute atomic E-state index is 14.3. The molecule has 1 aromatic carbocycles. The van der Waals surface area contributed by atoms with Crippen molar-refractivity contribution in [2.75, 3.05) is 17.6 Å². The Bertz CT molecular complexity index is 579. The second-order valence-electron chi connectivity index (χ2n) is 4.78. The molecule has 1 fully saturated rings. The van der Waals surface area contributed by atoms with Gasteiger partial charge in [0.15, 0.2) is 0 Å². The van der Waals surface area contributed by atoms with Crippen LogP contribution in [0.25, 0.3) is 0 Å². The molecular weight excluding hydrogens is 281 g/mol. The summed E-state index contributed by atoms with van der Waals surface area (Å²) < 4.78 is 14.3. The molecule has 3 rings (SSSR count). The van der Waals surface area contributed by atoms with Crippen LogP contribution in [-0.2, 0) is 17.8 Å². The second-order valence-corrected chi connectivity index (χ2v) is 5.77. The summed E-state index contributed by atoms with van der Waals surface area (Å²) in [6.07, 6.45) is 0.612. The van der Waals surface area contributed by atoms with Gasteiger partial charge in [0.25, 0.3) is 5.24 Å². The summed E-state index contributed by atoms with van der Waals surface area (Å²) in [6.45, 7) is 1.38. The zero-order chi connectivity index (χ0) is 14.1. The predicted molar refractivity (Wildman–Crippen MR) is 75.2 cm³/mol. The molecule has 0 unspecified atom stereocenters. The van der Waals surface area contributed by atoms with Crippen LogP contribution in [0.3, 0.4) is 0 Å². The van der Waals surface area contributed by atoms with E-state index in [0.717, 1.165) is 23.9 Å². The first-order valence-corrected chi connectivity index (χ1v) is 7.39. The summed E-state index contributed by atoms with van der Waals surface area (Å²) >= 11 is 1.06. The van der Waals surface area contributed by atoms with Gasteiger partial charge in [-0.25, -0.2) is 4.39 Å². The number of carbonyl (C=O) groups is 2. The molecule has 0 spiro atoms. The van der Waals surface area contributed by atoms with Crippen LogP contribution in [-0.4, -0.2) is 29.5 Å². The molecule has 0 aliphatic carbocycles. The molecule has 0 saturated carbocycles. The SMILES string of the molecule is O=C1N[C@H](C(=O)Nc2ccc3c(c2F)CCNC3)CS1. The lowest BCUT2D eigenvalue weighted by Crippen LogP contribution is -2.39. The molecule has 2 aliphatic heterocycles. The summed E-state index contributed by atoms with van der Waals surface area (Å²) in [6, 6.07) is 2.80. The van der Waals surface area contributed by atoms with E-state index in [-0.39, 0.29) is 22.7 Å². The Kier molecular flexibility index (Phi) is 3.62. The van der Waals surface area contributed by atoms with Gasteiger partial charge in [-0.3, -0.25) is 9.59 Å². The monoisotopic (exact) mass is 295 g/mol. The lowest BCUT2D eigenvalue weighted by Gasteiger charge is -2.20. The largest absolute Gasteiger partial charge is 0.334 e. The van der Waals surface area contributed by atoms with E-state index in [4.69, 9.17) is 0 Å². The fourth-order valence-electron chi connectivity index (χ4n) is 2.38. The first kappa shape index (κ1) is 13.4. The Morgan fingerprint density at radius 3 is 3.05 bits per heavy atom. The molecule has 0 radical (unpaired) electrons. The number of halogens is 1. The second kappa shape index (κ2) is 5.41. The van der Waals surface area contributed by atoms with Crippen molar-refractivity contribution >= 4 is 28.6 Å². The van der Waals surface area contributed by atoms with Gasteiger partial charge in [-0.2, -0.15) is 0 Å². The van der Waals surface area contributed by atoms with E-state index in [2.05, 4.69) is 16.0 Å². The van der Waals surface area contributed by atoms with Gasteiger partial charge in [-0.05, 0) is 30.2 Å². The minimum atomic E-state index is -0.593. The van der Waals surface area contributed by atoms with E-state index >= 15 is 0 Å². The Morgan fingerprint density at radius 1 is 1.45 bits per heavy atom. The van der Waals surface area contributed by atoms with E-state index in [9.17, 15) is 14.0 Å². The van der Waals surface area contributed by atoms with E-state index < -0.39 is 6.04 Å². The highest BCUT2D eigenvalue weighted by molar-refractivity contribution is 8.14. The highest BCUT2D eigenvalue weighted by Gasteiger charge is 2.29. The molecule has 7 heteroatoms. The van der Waals surface area contributed by atoms with Crippen LogP contribution in [0.1, 0.15) is 11.1 Å². The van der Waals surface area contributed by atoms with Gasteiger partial charge in [0.05, 0.1) is 5.69 Å². The molecule has 0 aromatic heterocycles. The highest BCUT2D eigenvalue weighted by atomic mass is 32.2. The number of carbonyl (C=O) groups excluding carboxylic acids is 2. The van der Waals surface area contributed by atoms with Crippen molar-refractivity contribution in [1.29, 1.82) is 0 Å². The lowest BCUT2D eigenvalue weighted by molar-refractivity contribution is -0.117. The number of nitrogens with one attached hydrogen (secondary N) is 3. The van der Waals surface area contributed by atoms with Crippen LogP contribution in [0, 0.1) is 5.82 Å². The third-order valence-electron chi connectivity index (χ3n) is 3.45. The van der Waals surface area contributed by atoms with Gasteiger partial charge in [0.2, 0.25) is 5.91 Å². The summed E-state index contributed by atoms with van der Waals surface area (Å²) in [4.78, 5) is 23.0. The number of rotatable bonds is 2. The van der Waals surface area contributed by atoms with Crippen molar-refractivity contribution in [2.45, 2.75) is 19.0 Å². The van der Waals surface area contributed by atoms with E-state index in [1.807, 2.05) is 6.07 Å².